The van der Waals surface area contributed by atoms with Gasteiger partial charge < -0.3 is 23.9 Å². The number of nitrogens with zero attached hydrogens (tertiary/aromatic N) is 3. The molecular formula is C22H17ClN4O4. The molecule has 5 rings (SSSR count). The summed E-state index contributed by atoms with van der Waals surface area (Å²) in [7, 11) is 0. The van der Waals surface area contributed by atoms with E-state index in [0.717, 1.165) is 11.1 Å². The van der Waals surface area contributed by atoms with Crippen molar-refractivity contribution in [3.05, 3.63) is 65.3 Å². The third-order valence-electron chi connectivity index (χ3n) is 4.96. The Balaban J connectivity index is 1.35. The van der Waals surface area contributed by atoms with E-state index in [1.807, 2.05) is 31.2 Å². The predicted molar refractivity (Wildman–Crippen MR) is 114 cm³/mol. The number of nitrogens with one attached hydrogen (secondary N) is 1. The van der Waals surface area contributed by atoms with Crippen LogP contribution in [0.4, 0.5) is 5.69 Å². The first kappa shape index (κ1) is 19.2. The van der Waals surface area contributed by atoms with Gasteiger partial charge in [-0.1, -0.05) is 22.8 Å². The molecule has 0 saturated carbocycles. The van der Waals surface area contributed by atoms with Crippen LogP contribution in [0.25, 0.3) is 23.0 Å². The van der Waals surface area contributed by atoms with Crippen molar-refractivity contribution in [3.8, 4) is 34.5 Å². The molecule has 1 amide bonds. The van der Waals surface area contributed by atoms with Crippen LogP contribution in [-0.4, -0.2) is 27.4 Å². The number of rotatable bonds is 5. The van der Waals surface area contributed by atoms with Gasteiger partial charge in [0, 0.05) is 22.5 Å². The molecule has 2 aromatic carbocycles. The van der Waals surface area contributed by atoms with Gasteiger partial charge in [0.05, 0.1) is 0 Å². The zero-order valence-corrected chi connectivity index (χ0v) is 17.2. The maximum atomic E-state index is 12.6. The molecule has 0 unspecified atom stereocenters. The van der Waals surface area contributed by atoms with Crippen molar-refractivity contribution < 1.29 is 18.8 Å². The molecule has 3 heterocycles. The fourth-order valence-corrected chi connectivity index (χ4v) is 3.49. The first-order valence-electron chi connectivity index (χ1n) is 9.53. The van der Waals surface area contributed by atoms with Crippen LogP contribution < -0.4 is 14.8 Å². The fraction of sp³-hybridized carbons (Fsp3) is 0.136. The summed E-state index contributed by atoms with van der Waals surface area (Å²) in [6.07, 6.45) is 1.78. The normalized spacial score (nSPS) is 12.2. The van der Waals surface area contributed by atoms with Crippen LogP contribution in [0.5, 0.6) is 11.5 Å². The number of ether oxygens (including phenoxy) is 2. The average molecular weight is 437 g/mol. The highest BCUT2D eigenvalue weighted by atomic mass is 35.5. The van der Waals surface area contributed by atoms with Gasteiger partial charge >= 0.3 is 0 Å². The second kappa shape index (κ2) is 7.81. The smallest absolute Gasteiger partial charge is 0.274 e. The zero-order valence-electron chi connectivity index (χ0n) is 16.5. The van der Waals surface area contributed by atoms with Crippen LogP contribution in [0.2, 0.25) is 5.02 Å². The molecule has 2 aromatic heterocycles. The van der Waals surface area contributed by atoms with Crippen molar-refractivity contribution in [2.24, 2.45) is 0 Å². The number of anilines is 1. The molecule has 0 bridgehead atoms. The van der Waals surface area contributed by atoms with Crippen molar-refractivity contribution in [2.75, 3.05) is 12.1 Å². The van der Waals surface area contributed by atoms with Crippen molar-refractivity contribution in [2.45, 2.75) is 13.5 Å². The number of hydrogen-bond donors (Lipinski definition) is 1. The van der Waals surface area contributed by atoms with Crippen LogP contribution in [0.15, 0.2) is 59.3 Å². The largest absolute Gasteiger partial charge is 0.454 e. The molecule has 0 saturated heterocycles. The Labute approximate surface area is 182 Å². The Kier molecular flexibility index (Phi) is 4.83. The van der Waals surface area contributed by atoms with Gasteiger partial charge in [0.2, 0.25) is 18.5 Å². The Morgan fingerprint density at radius 1 is 1.16 bits per heavy atom. The molecule has 0 spiro atoms. The highest BCUT2D eigenvalue weighted by Crippen LogP contribution is 2.35. The number of carbonyl (C=O) groups excluding carboxylic acids is 1. The summed E-state index contributed by atoms with van der Waals surface area (Å²) >= 11 is 6.13. The minimum absolute atomic E-state index is 0.0794. The van der Waals surface area contributed by atoms with E-state index in [1.165, 1.54) is 0 Å². The molecular weight excluding hydrogens is 420 g/mol. The molecule has 1 aliphatic heterocycles. The predicted octanol–water partition coefficient (Wildman–Crippen LogP) is 4.53. The third kappa shape index (κ3) is 3.73. The summed E-state index contributed by atoms with van der Waals surface area (Å²) in [6, 6.07) is 14.5. The van der Waals surface area contributed by atoms with Gasteiger partial charge in [-0.3, -0.25) is 4.79 Å². The van der Waals surface area contributed by atoms with E-state index in [4.69, 9.17) is 25.6 Å². The summed E-state index contributed by atoms with van der Waals surface area (Å²) in [5.41, 5.74) is 2.87. The molecule has 0 aliphatic carbocycles. The maximum Gasteiger partial charge on any atom is 0.274 e. The van der Waals surface area contributed by atoms with Gasteiger partial charge in [-0.05, 0) is 55.0 Å². The standard InChI is InChI=1S/C22H17ClN4O4/c1-13-15(23)4-2-5-16(13)24-20(28)11-27-9-3-6-17(27)22-25-21(26-31-22)14-7-8-18-19(10-14)30-12-29-18/h2-10H,11-12H2,1H3,(H,24,28). The second-order valence-electron chi connectivity index (χ2n) is 6.97. The first-order chi connectivity index (χ1) is 15.1. The van der Waals surface area contributed by atoms with E-state index < -0.39 is 0 Å². The lowest BCUT2D eigenvalue weighted by molar-refractivity contribution is -0.116. The van der Waals surface area contributed by atoms with Crippen molar-refractivity contribution in [1.29, 1.82) is 0 Å². The fourth-order valence-electron chi connectivity index (χ4n) is 3.31. The van der Waals surface area contributed by atoms with Crippen LogP contribution in [0.3, 0.4) is 0 Å². The topological polar surface area (TPSA) is 91.4 Å². The molecule has 1 aliphatic rings. The number of amides is 1. The number of carbonyl (C=O) groups is 1. The summed E-state index contributed by atoms with van der Waals surface area (Å²) in [5, 5.41) is 7.55. The summed E-state index contributed by atoms with van der Waals surface area (Å²) in [4.78, 5) is 17.1. The number of halogens is 1. The van der Waals surface area contributed by atoms with Gasteiger partial charge in [-0.2, -0.15) is 4.98 Å². The Bertz CT molecular complexity index is 1280. The minimum Gasteiger partial charge on any atom is -0.454 e. The second-order valence-corrected chi connectivity index (χ2v) is 7.38. The van der Waals surface area contributed by atoms with Crippen molar-refractivity contribution in [3.63, 3.8) is 0 Å². The molecule has 1 N–H and O–H groups in total. The monoisotopic (exact) mass is 436 g/mol. The molecule has 156 valence electrons. The molecule has 31 heavy (non-hydrogen) atoms. The Morgan fingerprint density at radius 3 is 2.94 bits per heavy atom. The van der Waals surface area contributed by atoms with Gasteiger partial charge in [0.1, 0.15) is 12.2 Å². The SMILES string of the molecule is Cc1c(Cl)cccc1NC(=O)Cn1cccc1-c1nc(-c2ccc3c(c2)OCO3)no1. The Hall–Kier alpha value is -3.78. The molecule has 0 radical (unpaired) electrons. The highest BCUT2D eigenvalue weighted by molar-refractivity contribution is 6.31. The van der Waals surface area contributed by atoms with Gasteiger partial charge in [-0.25, -0.2) is 0 Å². The Morgan fingerprint density at radius 2 is 2.03 bits per heavy atom. The highest BCUT2D eigenvalue weighted by Gasteiger charge is 2.19. The first-order valence-corrected chi connectivity index (χ1v) is 9.90. The zero-order chi connectivity index (χ0) is 21.4. The number of benzene rings is 2. The van der Waals surface area contributed by atoms with E-state index in [9.17, 15) is 4.79 Å². The summed E-state index contributed by atoms with van der Waals surface area (Å²) in [5.74, 6) is 1.85. The molecule has 0 atom stereocenters. The number of aromatic nitrogens is 3. The number of hydrogen-bond acceptors (Lipinski definition) is 6. The molecule has 9 heteroatoms. The lowest BCUT2D eigenvalue weighted by Crippen LogP contribution is -2.19. The van der Waals surface area contributed by atoms with E-state index in [1.54, 1.807) is 35.0 Å². The summed E-state index contributed by atoms with van der Waals surface area (Å²) in [6.45, 7) is 2.13. The van der Waals surface area contributed by atoms with Gasteiger partial charge in [-0.15, -0.1) is 0 Å². The lowest BCUT2D eigenvalue weighted by atomic mass is 10.2. The number of fused-ring (bicyclic) bond motifs is 1. The van der Waals surface area contributed by atoms with E-state index in [0.29, 0.717) is 39.6 Å². The van der Waals surface area contributed by atoms with Crippen LogP contribution in [0, 0.1) is 6.92 Å². The van der Waals surface area contributed by atoms with Gasteiger partial charge in [0.15, 0.2) is 11.5 Å². The molecule has 8 nitrogen and oxygen atoms in total. The average Bonchev–Trinajstić information content (AvgIpc) is 3.50. The minimum atomic E-state index is -0.196. The summed E-state index contributed by atoms with van der Waals surface area (Å²) < 4.78 is 17.9. The maximum absolute atomic E-state index is 12.6. The van der Waals surface area contributed by atoms with Crippen LogP contribution in [-0.2, 0) is 11.3 Å². The van der Waals surface area contributed by atoms with Crippen molar-refractivity contribution >= 4 is 23.2 Å². The lowest BCUT2D eigenvalue weighted by Gasteiger charge is -2.11. The quantitative estimate of drug-likeness (QED) is 0.494. The molecule has 4 aromatic rings. The molecule has 0 fully saturated rings. The third-order valence-corrected chi connectivity index (χ3v) is 5.37. The van der Waals surface area contributed by atoms with Crippen LogP contribution in [0.1, 0.15) is 5.56 Å². The van der Waals surface area contributed by atoms with E-state index in [-0.39, 0.29) is 19.2 Å². The van der Waals surface area contributed by atoms with Crippen LogP contribution >= 0.6 is 11.6 Å². The van der Waals surface area contributed by atoms with E-state index >= 15 is 0 Å². The van der Waals surface area contributed by atoms with Gasteiger partial charge in [0.25, 0.3) is 5.89 Å². The van der Waals surface area contributed by atoms with E-state index in [2.05, 4.69) is 15.5 Å². The van der Waals surface area contributed by atoms with Crippen molar-refractivity contribution in [1.82, 2.24) is 14.7 Å².